The summed E-state index contributed by atoms with van der Waals surface area (Å²) in [5.41, 5.74) is 0. The number of aliphatic hydroxyl groups excluding tert-OH is 1. The van der Waals surface area contributed by atoms with Gasteiger partial charge < -0.3 is 14.6 Å². The highest BCUT2D eigenvalue weighted by Crippen LogP contribution is 2.07. The van der Waals surface area contributed by atoms with Crippen LogP contribution in [0.1, 0.15) is 6.92 Å². The van der Waals surface area contributed by atoms with Crippen LogP contribution in [-0.2, 0) is 9.47 Å². The van der Waals surface area contributed by atoms with Crippen molar-refractivity contribution in [3.05, 3.63) is 12.7 Å². The number of aliphatic hydroxyl groups is 1. The van der Waals surface area contributed by atoms with Crippen molar-refractivity contribution >= 4 is 0 Å². The lowest BCUT2D eigenvalue weighted by Crippen LogP contribution is -2.23. The highest BCUT2D eigenvalue weighted by molar-refractivity contribution is 4.83. The molecule has 3 nitrogen and oxygen atoms in total. The Bertz CT molecular complexity index is 104. The fraction of sp³-hybridized carbons (Fsp3) is 0.750. The molecular weight excluding hydrogens is 144 g/mol. The van der Waals surface area contributed by atoms with Crippen molar-refractivity contribution in [2.75, 3.05) is 20.5 Å². The molecule has 0 fully saturated rings. The number of hydrogen-bond donors (Lipinski definition) is 1. The Morgan fingerprint density at radius 2 is 2.27 bits per heavy atom. The van der Waals surface area contributed by atoms with E-state index < -0.39 is 0 Å². The fourth-order valence-corrected chi connectivity index (χ4v) is 0.715. The summed E-state index contributed by atoms with van der Waals surface area (Å²) >= 11 is 0. The van der Waals surface area contributed by atoms with Gasteiger partial charge in [0.25, 0.3) is 0 Å². The molecule has 0 rings (SSSR count). The molecule has 11 heavy (non-hydrogen) atoms. The zero-order chi connectivity index (χ0) is 8.69. The monoisotopic (exact) mass is 160 g/mol. The van der Waals surface area contributed by atoms with Crippen molar-refractivity contribution in [2.24, 2.45) is 5.92 Å². The Balaban J connectivity index is 3.65. The number of rotatable bonds is 6. The summed E-state index contributed by atoms with van der Waals surface area (Å²) in [6.07, 6.45) is 1.54. The van der Waals surface area contributed by atoms with E-state index in [1.165, 1.54) is 0 Å². The molecule has 1 N–H and O–H groups in total. The second kappa shape index (κ2) is 6.34. The van der Waals surface area contributed by atoms with Crippen molar-refractivity contribution in [1.82, 2.24) is 0 Å². The second-order valence-corrected chi connectivity index (χ2v) is 2.43. The van der Waals surface area contributed by atoms with Crippen molar-refractivity contribution in [1.29, 1.82) is 0 Å². The lowest BCUT2D eigenvalue weighted by molar-refractivity contribution is -0.0763. The van der Waals surface area contributed by atoms with Gasteiger partial charge in [0.15, 0.2) is 0 Å². The minimum atomic E-state index is -0.125. The van der Waals surface area contributed by atoms with Crippen LogP contribution >= 0.6 is 0 Å². The van der Waals surface area contributed by atoms with Crippen molar-refractivity contribution in [3.8, 4) is 0 Å². The third-order valence-electron chi connectivity index (χ3n) is 1.46. The van der Waals surface area contributed by atoms with E-state index in [0.29, 0.717) is 0 Å². The van der Waals surface area contributed by atoms with Gasteiger partial charge in [-0.1, -0.05) is 13.0 Å². The maximum atomic E-state index is 8.77. The molecule has 0 aliphatic heterocycles. The first kappa shape index (κ1) is 10.6. The Hall–Kier alpha value is -0.380. The summed E-state index contributed by atoms with van der Waals surface area (Å²) < 4.78 is 9.91. The van der Waals surface area contributed by atoms with E-state index >= 15 is 0 Å². The Labute approximate surface area is 67.6 Å². The molecule has 2 atom stereocenters. The van der Waals surface area contributed by atoms with E-state index in [0.717, 1.165) is 0 Å². The molecule has 0 bridgehead atoms. The molecule has 0 unspecified atom stereocenters. The minimum absolute atomic E-state index is 0.0719. The summed E-state index contributed by atoms with van der Waals surface area (Å²) in [4.78, 5) is 0. The largest absolute Gasteiger partial charge is 0.396 e. The van der Waals surface area contributed by atoms with Gasteiger partial charge in [0.2, 0.25) is 0 Å². The third-order valence-corrected chi connectivity index (χ3v) is 1.46. The molecule has 0 aromatic rings. The van der Waals surface area contributed by atoms with Gasteiger partial charge >= 0.3 is 0 Å². The number of methoxy groups -OCH3 is 1. The molecule has 0 aliphatic carbocycles. The van der Waals surface area contributed by atoms with Crippen LogP contribution in [0.3, 0.4) is 0 Å². The average Bonchev–Trinajstić information content (AvgIpc) is 2.05. The minimum Gasteiger partial charge on any atom is -0.396 e. The lowest BCUT2D eigenvalue weighted by Gasteiger charge is -2.18. The van der Waals surface area contributed by atoms with E-state index in [9.17, 15) is 0 Å². The van der Waals surface area contributed by atoms with E-state index in [2.05, 4.69) is 6.58 Å². The standard InChI is InChI=1S/C8H16O3/c1-4-8(7(2)5-9)11-6-10-3/h4,7-9H,1,5-6H2,2-3H3/t7-,8+/m1/s1. The maximum absolute atomic E-state index is 8.77. The molecule has 0 aromatic carbocycles. The van der Waals surface area contributed by atoms with Gasteiger partial charge in [-0.15, -0.1) is 6.58 Å². The Kier molecular flexibility index (Phi) is 6.12. The summed E-state index contributed by atoms with van der Waals surface area (Å²) in [7, 11) is 1.56. The predicted octanol–water partition coefficient (Wildman–Crippen LogP) is 0.790. The van der Waals surface area contributed by atoms with E-state index in [1.807, 2.05) is 6.92 Å². The normalized spacial score (nSPS) is 15.9. The second-order valence-electron chi connectivity index (χ2n) is 2.43. The van der Waals surface area contributed by atoms with Crippen LogP contribution in [0.5, 0.6) is 0 Å². The van der Waals surface area contributed by atoms with E-state index in [-0.39, 0.29) is 25.4 Å². The smallest absolute Gasteiger partial charge is 0.147 e. The molecule has 0 amide bonds. The Morgan fingerprint density at radius 1 is 1.64 bits per heavy atom. The SMILES string of the molecule is C=C[C@H](OCOC)[C@H](C)CO. The molecule has 0 aromatic heterocycles. The van der Waals surface area contributed by atoms with Crippen molar-refractivity contribution < 1.29 is 14.6 Å². The van der Waals surface area contributed by atoms with Crippen LogP contribution in [0.2, 0.25) is 0 Å². The fourth-order valence-electron chi connectivity index (χ4n) is 0.715. The van der Waals surface area contributed by atoms with Crippen LogP contribution in [0.4, 0.5) is 0 Å². The molecule has 66 valence electrons. The van der Waals surface area contributed by atoms with E-state index in [4.69, 9.17) is 14.6 Å². The van der Waals surface area contributed by atoms with Crippen molar-refractivity contribution in [3.63, 3.8) is 0 Å². The summed E-state index contributed by atoms with van der Waals surface area (Å²) in [5.74, 6) is 0.0719. The van der Waals surface area contributed by atoms with Gasteiger partial charge in [-0.2, -0.15) is 0 Å². The number of ether oxygens (including phenoxy) is 2. The number of hydrogen-bond acceptors (Lipinski definition) is 3. The maximum Gasteiger partial charge on any atom is 0.147 e. The summed E-state index contributed by atoms with van der Waals surface area (Å²) in [6, 6.07) is 0. The first-order valence-corrected chi connectivity index (χ1v) is 3.60. The predicted molar refractivity (Wildman–Crippen MR) is 43.2 cm³/mol. The van der Waals surface area contributed by atoms with Crippen LogP contribution in [0.25, 0.3) is 0 Å². The molecule has 0 saturated carbocycles. The molecule has 0 aliphatic rings. The highest BCUT2D eigenvalue weighted by Gasteiger charge is 2.12. The zero-order valence-corrected chi connectivity index (χ0v) is 7.12. The van der Waals surface area contributed by atoms with Gasteiger partial charge in [-0.25, -0.2) is 0 Å². The van der Waals surface area contributed by atoms with Crippen LogP contribution in [-0.4, -0.2) is 31.7 Å². The Morgan fingerprint density at radius 3 is 2.64 bits per heavy atom. The molecule has 0 saturated heterocycles. The highest BCUT2D eigenvalue weighted by atomic mass is 16.7. The molecule has 0 spiro atoms. The topological polar surface area (TPSA) is 38.7 Å². The van der Waals surface area contributed by atoms with Crippen molar-refractivity contribution in [2.45, 2.75) is 13.0 Å². The first-order chi connectivity index (χ1) is 5.26. The molecule has 0 heterocycles. The van der Waals surface area contributed by atoms with Gasteiger partial charge in [0.1, 0.15) is 6.79 Å². The quantitative estimate of drug-likeness (QED) is 0.461. The molecular formula is C8H16O3. The molecule has 0 radical (unpaired) electrons. The van der Waals surface area contributed by atoms with Gasteiger partial charge in [-0.05, 0) is 0 Å². The summed E-state index contributed by atoms with van der Waals surface area (Å²) in [6.45, 7) is 5.82. The van der Waals surface area contributed by atoms with Crippen LogP contribution in [0.15, 0.2) is 12.7 Å². The lowest BCUT2D eigenvalue weighted by atomic mass is 10.1. The van der Waals surface area contributed by atoms with Gasteiger partial charge in [-0.3, -0.25) is 0 Å². The van der Waals surface area contributed by atoms with Gasteiger partial charge in [0.05, 0.1) is 6.10 Å². The third kappa shape index (κ3) is 4.14. The molecule has 3 heteroatoms. The average molecular weight is 160 g/mol. The van der Waals surface area contributed by atoms with Gasteiger partial charge in [0, 0.05) is 19.6 Å². The summed E-state index contributed by atoms with van der Waals surface area (Å²) in [5, 5.41) is 8.77. The zero-order valence-electron chi connectivity index (χ0n) is 7.12. The van der Waals surface area contributed by atoms with Crippen LogP contribution < -0.4 is 0 Å². The van der Waals surface area contributed by atoms with Crippen LogP contribution in [0, 0.1) is 5.92 Å². The van der Waals surface area contributed by atoms with E-state index in [1.54, 1.807) is 13.2 Å². The first-order valence-electron chi connectivity index (χ1n) is 3.60.